The van der Waals surface area contributed by atoms with E-state index in [0.717, 1.165) is 18.4 Å². The summed E-state index contributed by atoms with van der Waals surface area (Å²) in [6.07, 6.45) is 3.90. The maximum atomic E-state index is 3.27. The topological polar surface area (TPSA) is 12.0 Å². The molecule has 1 nitrogen and oxygen atoms in total. The van der Waals surface area contributed by atoms with E-state index in [2.05, 4.69) is 37.4 Å². The predicted octanol–water partition coefficient (Wildman–Crippen LogP) is 3.27. The molecule has 2 atom stereocenters. The number of benzene rings is 1. The van der Waals surface area contributed by atoms with Crippen LogP contribution in [-0.2, 0) is 6.42 Å². The summed E-state index contributed by atoms with van der Waals surface area (Å²) in [5, 5.41) is 3.27. The molecule has 1 heteroatoms. The first-order chi connectivity index (χ1) is 7.70. The van der Waals surface area contributed by atoms with Crippen LogP contribution in [0.15, 0.2) is 18.2 Å². The van der Waals surface area contributed by atoms with Gasteiger partial charge in [-0.3, -0.25) is 0 Å². The van der Waals surface area contributed by atoms with Crippen molar-refractivity contribution in [2.45, 2.75) is 39.0 Å². The van der Waals surface area contributed by atoms with Crippen molar-refractivity contribution >= 4 is 0 Å². The van der Waals surface area contributed by atoms with E-state index in [1.54, 1.807) is 11.1 Å². The molecule has 0 saturated heterocycles. The Kier molecular flexibility index (Phi) is 3.65. The molecule has 88 valence electrons. The van der Waals surface area contributed by atoms with Gasteiger partial charge in [0.15, 0.2) is 0 Å². The largest absolute Gasteiger partial charge is 0.320 e. The Morgan fingerprint density at radius 1 is 1.38 bits per heavy atom. The van der Waals surface area contributed by atoms with E-state index in [4.69, 9.17) is 0 Å². The highest BCUT2D eigenvalue weighted by Crippen LogP contribution is 2.36. The molecule has 0 heterocycles. The van der Waals surface area contributed by atoms with Gasteiger partial charge >= 0.3 is 0 Å². The van der Waals surface area contributed by atoms with Gasteiger partial charge in [0.1, 0.15) is 0 Å². The minimum atomic E-state index is 0.770. The molecule has 0 fully saturated rings. The summed E-state index contributed by atoms with van der Waals surface area (Å²) in [7, 11) is 2.04. The first-order valence-corrected chi connectivity index (χ1v) is 6.44. The SMILES string of the molecule is CNCCC1CC(C)Cc2cc(C)ccc21. The second-order valence-electron chi connectivity index (χ2n) is 5.34. The summed E-state index contributed by atoms with van der Waals surface area (Å²) in [6, 6.07) is 7.01. The Morgan fingerprint density at radius 2 is 2.19 bits per heavy atom. The lowest BCUT2D eigenvalue weighted by Crippen LogP contribution is -2.20. The minimum Gasteiger partial charge on any atom is -0.320 e. The summed E-state index contributed by atoms with van der Waals surface area (Å²) >= 11 is 0. The zero-order valence-corrected chi connectivity index (χ0v) is 10.7. The van der Waals surface area contributed by atoms with E-state index in [-0.39, 0.29) is 0 Å². The third-order valence-corrected chi connectivity index (χ3v) is 3.74. The van der Waals surface area contributed by atoms with Crippen molar-refractivity contribution in [2.24, 2.45) is 5.92 Å². The van der Waals surface area contributed by atoms with Crippen molar-refractivity contribution in [1.82, 2.24) is 5.32 Å². The maximum absolute atomic E-state index is 3.27. The fourth-order valence-corrected chi connectivity index (χ4v) is 2.97. The average molecular weight is 217 g/mol. The first-order valence-electron chi connectivity index (χ1n) is 6.44. The van der Waals surface area contributed by atoms with Crippen LogP contribution in [0, 0.1) is 12.8 Å². The molecule has 1 aromatic carbocycles. The summed E-state index contributed by atoms with van der Waals surface area (Å²) in [4.78, 5) is 0. The predicted molar refractivity (Wildman–Crippen MR) is 69.9 cm³/mol. The van der Waals surface area contributed by atoms with Crippen LogP contribution in [0.1, 0.15) is 42.4 Å². The molecule has 1 aromatic rings. The number of rotatable bonds is 3. The summed E-state index contributed by atoms with van der Waals surface area (Å²) in [5.41, 5.74) is 4.61. The van der Waals surface area contributed by atoms with Crippen LogP contribution in [0.2, 0.25) is 0 Å². The molecule has 0 aromatic heterocycles. The lowest BCUT2D eigenvalue weighted by Gasteiger charge is -2.30. The van der Waals surface area contributed by atoms with Crippen LogP contribution in [0.5, 0.6) is 0 Å². The van der Waals surface area contributed by atoms with Gasteiger partial charge < -0.3 is 5.32 Å². The number of aryl methyl sites for hydroxylation is 1. The number of fused-ring (bicyclic) bond motifs is 1. The second kappa shape index (κ2) is 5.01. The van der Waals surface area contributed by atoms with Gasteiger partial charge in [-0.1, -0.05) is 30.7 Å². The Labute approximate surface area is 99.3 Å². The molecule has 0 bridgehead atoms. The Hall–Kier alpha value is -0.820. The Morgan fingerprint density at radius 3 is 2.94 bits per heavy atom. The smallest absolute Gasteiger partial charge is 0.00461 e. The highest BCUT2D eigenvalue weighted by atomic mass is 14.8. The number of hydrogen-bond acceptors (Lipinski definition) is 1. The van der Waals surface area contributed by atoms with Gasteiger partial charge in [0.2, 0.25) is 0 Å². The molecule has 0 radical (unpaired) electrons. The van der Waals surface area contributed by atoms with Crippen molar-refractivity contribution < 1.29 is 0 Å². The molecule has 2 rings (SSSR count). The molecule has 0 saturated carbocycles. The zero-order chi connectivity index (χ0) is 11.5. The van der Waals surface area contributed by atoms with Gasteiger partial charge in [0.05, 0.1) is 0 Å². The lowest BCUT2D eigenvalue weighted by molar-refractivity contribution is 0.412. The van der Waals surface area contributed by atoms with Crippen LogP contribution in [-0.4, -0.2) is 13.6 Å². The van der Waals surface area contributed by atoms with E-state index in [1.807, 2.05) is 7.05 Å². The third kappa shape index (κ3) is 2.46. The van der Waals surface area contributed by atoms with Crippen LogP contribution < -0.4 is 5.32 Å². The molecule has 1 N–H and O–H groups in total. The van der Waals surface area contributed by atoms with Crippen molar-refractivity contribution in [1.29, 1.82) is 0 Å². The van der Waals surface area contributed by atoms with E-state index >= 15 is 0 Å². The summed E-state index contributed by atoms with van der Waals surface area (Å²) in [5.74, 6) is 1.61. The molecule has 16 heavy (non-hydrogen) atoms. The zero-order valence-electron chi connectivity index (χ0n) is 10.7. The normalized spacial score (nSPS) is 24.2. The molecule has 0 amide bonds. The molecule has 0 aliphatic heterocycles. The quantitative estimate of drug-likeness (QED) is 0.819. The van der Waals surface area contributed by atoms with Crippen molar-refractivity contribution in [3.63, 3.8) is 0 Å². The summed E-state index contributed by atoms with van der Waals surface area (Å²) < 4.78 is 0. The Balaban J connectivity index is 2.23. The molecule has 0 spiro atoms. The van der Waals surface area contributed by atoms with Crippen molar-refractivity contribution in [2.75, 3.05) is 13.6 Å². The minimum absolute atomic E-state index is 0.770. The van der Waals surface area contributed by atoms with Crippen LogP contribution >= 0.6 is 0 Å². The van der Waals surface area contributed by atoms with Crippen LogP contribution in [0.3, 0.4) is 0 Å². The van der Waals surface area contributed by atoms with Gasteiger partial charge in [0, 0.05) is 0 Å². The van der Waals surface area contributed by atoms with E-state index in [0.29, 0.717) is 0 Å². The monoisotopic (exact) mass is 217 g/mol. The van der Waals surface area contributed by atoms with E-state index < -0.39 is 0 Å². The maximum Gasteiger partial charge on any atom is -0.00461 e. The highest BCUT2D eigenvalue weighted by molar-refractivity contribution is 5.36. The second-order valence-corrected chi connectivity index (χ2v) is 5.34. The fraction of sp³-hybridized carbons (Fsp3) is 0.600. The van der Waals surface area contributed by atoms with Crippen LogP contribution in [0.4, 0.5) is 0 Å². The lowest BCUT2D eigenvalue weighted by atomic mass is 9.76. The average Bonchev–Trinajstić information content (AvgIpc) is 2.25. The van der Waals surface area contributed by atoms with Crippen molar-refractivity contribution in [3.8, 4) is 0 Å². The fourth-order valence-electron chi connectivity index (χ4n) is 2.97. The van der Waals surface area contributed by atoms with E-state index in [1.165, 1.54) is 24.8 Å². The molecular weight excluding hydrogens is 194 g/mol. The van der Waals surface area contributed by atoms with E-state index in [9.17, 15) is 0 Å². The number of hydrogen-bond donors (Lipinski definition) is 1. The molecular formula is C15H23N. The van der Waals surface area contributed by atoms with Crippen LogP contribution in [0.25, 0.3) is 0 Å². The van der Waals surface area contributed by atoms with Gasteiger partial charge in [0.25, 0.3) is 0 Å². The summed E-state index contributed by atoms with van der Waals surface area (Å²) in [6.45, 7) is 5.71. The number of nitrogens with one attached hydrogen (secondary N) is 1. The van der Waals surface area contributed by atoms with Gasteiger partial charge in [-0.05, 0) is 62.7 Å². The molecule has 1 aliphatic rings. The third-order valence-electron chi connectivity index (χ3n) is 3.74. The van der Waals surface area contributed by atoms with Gasteiger partial charge in [-0.25, -0.2) is 0 Å². The highest BCUT2D eigenvalue weighted by Gasteiger charge is 2.23. The molecule has 1 aliphatic carbocycles. The van der Waals surface area contributed by atoms with Gasteiger partial charge in [-0.15, -0.1) is 0 Å². The Bertz CT molecular complexity index is 356. The van der Waals surface area contributed by atoms with Crippen molar-refractivity contribution in [3.05, 3.63) is 34.9 Å². The molecule has 2 unspecified atom stereocenters. The van der Waals surface area contributed by atoms with Gasteiger partial charge in [-0.2, -0.15) is 0 Å². The first kappa shape index (κ1) is 11.7. The standard InChI is InChI=1S/C15H23N/c1-11-4-5-15-13(6-7-16-3)9-12(2)10-14(15)8-11/h4-5,8,12-13,16H,6-7,9-10H2,1-3H3.